The predicted octanol–water partition coefficient (Wildman–Crippen LogP) is 2.54. The Morgan fingerprint density at radius 1 is 0.897 bits per heavy atom. The summed E-state index contributed by atoms with van der Waals surface area (Å²) < 4.78 is 6.03. The summed E-state index contributed by atoms with van der Waals surface area (Å²) in [5.74, 6) is 1.02. The molecule has 0 aromatic heterocycles. The lowest BCUT2D eigenvalue weighted by atomic mass is 9.49. The number of hydrogen-bond acceptors (Lipinski definition) is 4. The average Bonchev–Trinajstić information content (AvgIpc) is 2.68. The first-order valence-electron chi connectivity index (χ1n) is 10.4. The summed E-state index contributed by atoms with van der Waals surface area (Å²) >= 11 is 0. The number of amides is 3. The van der Waals surface area contributed by atoms with Crippen LogP contribution in [0.5, 0.6) is 0 Å². The van der Waals surface area contributed by atoms with Crippen LogP contribution in [0.4, 0.5) is 11.4 Å². The van der Waals surface area contributed by atoms with Gasteiger partial charge in [-0.2, -0.15) is 0 Å². The molecule has 0 aliphatic heterocycles. The summed E-state index contributed by atoms with van der Waals surface area (Å²) in [5.41, 5.74) is 0.780. The van der Waals surface area contributed by atoms with Crippen molar-refractivity contribution in [1.29, 1.82) is 0 Å². The van der Waals surface area contributed by atoms with E-state index in [2.05, 4.69) is 16.0 Å². The third-order valence-electron chi connectivity index (χ3n) is 7.09. The van der Waals surface area contributed by atoms with Gasteiger partial charge in [-0.1, -0.05) is 0 Å². The highest BCUT2D eigenvalue weighted by Gasteiger charge is 2.57. The molecule has 0 spiro atoms. The smallest absolute Gasteiger partial charge is 0.313 e. The van der Waals surface area contributed by atoms with Crippen molar-refractivity contribution in [2.24, 2.45) is 23.7 Å². The van der Waals surface area contributed by atoms with Crippen LogP contribution in [0.1, 0.15) is 39.0 Å². The summed E-state index contributed by atoms with van der Waals surface area (Å²) in [7, 11) is 1.74. The Morgan fingerprint density at radius 2 is 1.41 bits per heavy atom. The molecule has 0 saturated heterocycles. The zero-order valence-corrected chi connectivity index (χ0v) is 17.0. The monoisotopic (exact) mass is 399 g/mol. The van der Waals surface area contributed by atoms with Gasteiger partial charge in [-0.15, -0.1) is 0 Å². The minimum absolute atomic E-state index is 0.169. The highest BCUT2D eigenvalue weighted by atomic mass is 16.5. The summed E-state index contributed by atoms with van der Waals surface area (Å²) in [6.45, 7) is 1.81. The van der Waals surface area contributed by atoms with E-state index in [-0.39, 0.29) is 11.5 Å². The van der Waals surface area contributed by atoms with Crippen LogP contribution in [0.15, 0.2) is 24.3 Å². The first kappa shape index (κ1) is 19.9. The summed E-state index contributed by atoms with van der Waals surface area (Å²) in [4.78, 5) is 35.8. The van der Waals surface area contributed by atoms with E-state index < -0.39 is 11.8 Å². The number of anilines is 2. The van der Waals surface area contributed by atoms with Crippen LogP contribution in [0.2, 0.25) is 0 Å². The van der Waals surface area contributed by atoms with Gasteiger partial charge >= 0.3 is 11.8 Å². The van der Waals surface area contributed by atoms with Crippen LogP contribution >= 0.6 is 0 Å². The van der Waals surface area contributed by atoms with Crippen LogP contribution in [0.25, 0.3) is 0 Å². The number of ether oxygens (including phenoxy) is 1. The molecular formula is C22H29N3O4. The minimum atomic E-state index is -0.702. The van der Waals surface area contributed by atoms with Crippen molar-refractivity contribution in [3.8, 4) is 0 Å². The van der Waals surface area contributed by atoms with E-state index in [0.717, 1.165) is 11.8 Å². The van der Waals surface area contributed by atoms with E-state index in [1.54, 1.807) is 31.4 Å². The molecule has 4 aliphatic carbocycles. The fourth-order valence-electron chi connectivity index (χ4n) is 6.00. The van der Waals surface area contributed by atoms with E-state index in [4.69, 9.17) is 4.74 Å². The highest BCUT2D eigenvalue weighted by Crippen LogP contribution is 2.59. The molecule has 0 atom stereocenters. The molecule has 7 heteroatoms. The fourth-order valence-corrected chi connectivity index (χ4v) is 6.00. The maximum Gasteiger partial charge on any atom is 0.313 e. The number of carbonyl (C=O) groups is 3. The summed E-state index contributed by atoms with van der Waals surface area (Å²) in [6.07, 6.45) is 6.03. The molecule has 156 valence electrons. The van der Waals surface area contributed by atoms with Gasteiger partial charge in [0.1, 0.15) is 0 Å². The summed E-state index contributed by atoms with van der Waals surface area (Å²) in [6, 6.07) is 6.63. The quantitative estimate of drug-likeness (QED) is 0.663. The Morgan fingerprint density at radius 3 is 1.90 bits per heavy atom. The summed E-state index contributed by atoms with van der Waals surface area (Å²) in [5, 5.41) is 8.08. The molecule has 3 amide bonds. The number of hydrogen-bond donors (Lipinski definition) is 3. The average molecular weight is 399 g/mol. The molecule has 0 radical (unpaired) electrons. The Balaban J connectivity index is 1.34. The molecular weight excluding hydrogens is 370 g/mol. The molecule has 5 rings (SSSR count). The van der Waals surface area contributed by atoms with Crippen LogP contribution < -0.4 is 16.0 Å². The maximum atomic E-state index is 12.4. The molecule has 0 heterocycles. The third kappa shape index (κ3) is 3.88. The van der Waals surface area contributed by atoms with Gasteiger partial charge in [0, 0.05) is 32.0 Å². The normalized spacial score (nSPS) is 31.9. The number of rotatable bonds is 5. The van der Waals surface area contributed by atoms with Crippen LogP contribution in [-0.4, -0.2) is 37.0 Å². The van der Waals surface area contributed by atoms with Crippen molar-refractivity contribution in [1.82, 2.24) is 5.32 Å². The van der Waals surface area contributed by atoms with Gasteiger partial charge in [0.15, 0.2) is 0 Å². The van der Waals surface area contributed by atoms with E-state index in [1.807, 2.05) is 0 Å². The largest absolute Gasteiger partial charge is 0.376 e. The minimum Gasteiger partial charge on any atom is -0.376 e. The molecule has 1 aromatic rings. The Bertz CT molecular complexity index is 777. The van der Waals surface area contributed by atoms with E-state index in [9.17, 15) is 14.4 Å². The molecule has 29 heavy (non-hydrogen) atoms. The number of methoxy groups -OCH3 is 1. The Kier molecular flexibility index (Phi) is 5.34. The van der Waals surface area contributed by atoms with Gasteiger partial charge in [0.25, 0.3) is 0 Å². The third-order valence-corrected chi connectivity index (χ3v) is 7.09. The van der Waals surface area contributed by atoms with Crippen molar-refractivity contribution in [3.05, 3.63) is 24.3 Å². The zero-order valence-electron chi connectivity index (χ0n) is 17.0. The van der Waals surface area contributed by atoms with Gasteiger partial charge in [-0.25, -0.2) is 0 Å². The van der Waals surface area contributed by atoms with Crippen LogP contribution in [0, 0.1) is 23.7 Å². The highest BCUT2D eigenvalue weighted by molar-refractivity contribution is 6.39. The SMILES string of the molecule is COC1(CNC(=O)C(=O)Nc2ccc(NC(C)=O)cc2)C2CC3CC(C2)CC1C3. The standard InChI is InChI=1S/C22H29N3O4/c1-13(26)24-18-3-5-19(6-4-18)25-21(28)20(27)23-12-22(29-2)16-8-14-7-15(10-16)11-17(22)9-14/h3-6,14-17H,7-12H2,1-2H3,(H,23,27)(H,24,26)(H,25,28). The van der Waals surface area contributed by atoms with Crippen LogP contribution in [-0.2, 0) is 19.1 Å². The molecule has 0 unspecified atom stereocenters. The van der Waals surface area contributed by atoms with Gasteiger partial charge in [0.05, 0.1) is 5.60 Å². The van der Waals surface area contributed by atoms with Crippen molar-refractivity contribution < 1.29 is 19.1 Å². The van der Waals surface area contributed by atoms with Gasteiger partial charge in [0.2, 0.25) is 5.91 Å². The number of carbonyl (C=O) groups excluding carboxylic acids is 3. The van der Waals surface area contributed by atoms with Crippen molar-refractivity contribution >= 4 is 29.1 Å². The lowest BCUT2D eigenvalue weighted by Crippen LogP contribution is -2.63. The molecule has 4 fully saturated rings. The Labute approximate surface area is 171 Å². The van der Waals surface area contributed by atoms with Crippen molar-refractivity contribution in [2.75, 3.05) is 24.3 Å². The zero-order chi connectivity index (χ0) is 20.6. The molecule has 1 aromatic carbocycles. The van der Waals surface area contributed by atoms with Gasteiger partial charge < -0.3 is 20.7 Å². The first-order valence-corrected chi connectivity index (χ1v) is 10.4. The van der Waals surface area contributed by atoms with Gasteiger partial charge in [-0.3, -0.25) is 14.4 Å². The van der Waals surface area contributed by atoms with Crippen molar-refractivity contribution in [2.45, 2.75) is 44.6 Å². The molecule has 4 saturated carbocycles. The second-order valence-electron chi connectivity index (χ2n) is 8.86. The lowest BCUT2D eigenvalue weighted by molar-refractivity contribution is -0.188. The maximum absolute atomic E-state index is 12.4. The molecule has 4 bridgehead atoms. The van der Waals surface area contributed by atoms with Crippen molar-refractivity contribution in [3.63, 3.8) is 0 Å². The first-order chi connectivity index (χ1) is 13.9. The van der Waals surface area contributed by atoms with E-state index in [0.29, 0.717) is 29.8 Å². The van der Waals surface area contributed by atoms with E-state index >= 15 is 0 Å². The second-order valence-corrected chi connectivity index (χ2v) is 8.86. The fraction of sp³-hybridized carbons (Fsp3) is 0.591. The molecule has 3 N–H and O–H groups in total. The molecule has 7 nitrogen and oxygen atoms in total. The Hall–Kier alpha value is -2.41. The second kappa shape index (κ2) is 7.78. The lowest BCUT2D eigenvalue weighted by Gasteiger charge is -2.60. The van der Waals surface area contributed by atoms with E-state index in [1.165, 1.54) is 39.0 Å². The topological polar surface area (TPSA) is 96.5 Å². The number of benzene rings is 1. The number of nitrogens with one attached hydrogen (secondary N) is 3. The van der Waals surface area contributed by atoms with Crippen LogP contribution in [0.3, 0.4) is 0 Å². The predicted molar refractivity (Wildman–Crippen MR) is 109 cm³/mol. The van der Waals surface area contributed by atoms with Gasteiger partial charge in [-0.05, 0) is 80.0 Å². The molecule has 4 aliphatic rings.